The van der Waals surface area contributed by atoms with E-state index in [4.69, 9.17) is 20.0 Å². The van der Waals surface area contributed by atoms with Gasteiger partial charge in [0.15, 0.2) is 0 Å². The molecule has 0 aliphatic carbocycles. The van der Waals surface area contributed by atoms with Crippen molar-refractivity contribution in [3.63, 3.8) is 0 Å². The van der Waals surface area contributed by atoms with Crippen LogP contribution >= 0.6 is 11.3 Å². The molecule has 3 heterocycles. The number of ether oxygens (including phenoxy) is 1. The van der Waals surface area contributed by atoms with Crippen molar-refractivity contribution >= 4 is 28.1 Å². The fraction of sp³-hybridized carbons (Fsp3) is 0.240. The molecule has 1 aliphatic rings. The molecule has 2 aromatic carbocycles. The number of hydrogen-bond acceptors (Lipinski definition) is 6. The second kappa shape index (κ2) is 8.37. The van der Waals surface area contributed by atoms with Gasteiger partial charge in [-0.05, 0) is 55.3 Å². The normalized spacial score (nSPS) is 14.5. The molecule has 0 amide bonds. The summed E-state index contributed by atoms with van der Waals surface area (Å²) in [6.07, 6.45) is 2.12. The molecule has 4 aromatic rings. The van der Waals surface area contributed by atoms with Crippen molar-refractivity contribution in [1.82, 2.24) is 9.97 Å². The first kappa shape index (κ1) is 19.5. The predicted octanol–water partition coefficient (Wildman–Crippen LogP) is 5.62. The number of benzene rings is 2. The smallest absolute Gasteiger partial charge is 0.129 e. The Balaban J connectivity index is 1.29. The molecule has 6 heteroatoms. The second-order valence-electron chi connectivity index (χ2n) is 7.72. The Morgan fingerprint density at radius 2 is 1.90 bits per heavy atom. The van der Waals surface area contributed by atoms with Gasteiger partial charge >= 0.3 is 0 Å². The molecule has 1 aliphatic heterocycles. The lowest BCUT2D eigenvalue weighted by molar-refractivity contribution is 0.416. The van der Waals surface area contributed by atoms with Crippen molar-refractivity contribution in [3.05, 3.63) is 70.5 Å². The highest BCUT2D eigenvalue weighted by Crippen LogP contribution is 2.36. The van der Waals surface area contributed by atoms with Crippen LogP contribution in [0.3, 0.4) is 0 Å². The molecule has 31 heavy (non-hydrogen) atoms. The zero-order valence-corrected chi connectivity index (χ0v) is 18.1. The summed E-state index contributed by atoms with van der Waals surface area (Å²) in [5, 5.41) is 13.4. The number of fused-ring (bicyclic) bond motifs is 1. The summed E-state index contributed by atoms with van der Waals surface area (Å²) < 4.78 is 5.50. The second-order valence-corrected chi connectivity index (χ2v) is 8.61. The van der Waals surface area contributed by atoms with Gasteiger partial charge < -0.3 is 9.64 Å². The summed E-state index contributed by atoms with van der Waals surface area (Å²) in [4.78, 5) is 12.1. The predicted molar refractivity (Wildman–Crippen MR) is 125 cm³/mol. The average Bonchev–Trinajstić information content (AvgIpc) is 3.33. The van der Waals surface area contributed by atoms with Gasteiger partial charge in [0.1, 0.15) is 11.6 Å². The van der Waals surface area contributed by atoms with Crippen LogP contribution < -0.4 is 9.64 Å². The summed E-state index contributed by atoms with van der Waals surface area (Å²) in [6.45, 7) is 1.92. The van der Waals surface area contributed by atoms with E-state index in [0.717, 1.165) is 59.7 Å². The van der Waals surface area contributed by atoms with Crippen LogP contribution in [-0.4, -0.2) is 30.2 Å². The maximum Gasteiger partial charge on any atom is 0.129 e. The van der Waals surface area contributed by atoms with E-state index in [2.05, 4.69) is 34.5 Å². The van der Waals surface area contributed by atoms with E-state index in [1.807, 2.05) is 36.4 Å². The van der Waals surface area contributed by atoms with Crippen molar-refractivity contribution in [2.75, 3.05) is 25.1 Å². The average molecular weight is 427 g/mol. The van der Waals surface area contributed by atoms with E-state index in [9.17, 15) is 0 Å². The molecule has 0 radical (unpaired) electrons. The number of aromatic nitrogens is 2. The van der Waals surface area contributed by atoms with Gasteiger partial charge in [0.05, 0.1) is 35.0 Å². The monoisotopic (exact) mass is 426 g/mol. The van der Waals surface area contributed by atoms with Gasteiger partial charge in [-0.15, -0.1) is 11.3 Å². The maximum absolute atomic E-state index is 9.08. The summed E-state index contributed by atoms with van der Waals surface area (Å²) >= 11 is 1.75. The summed E-state index contributed by atoms with van der Waals surface area (Å²) in [5.74, 6) is 2.34. The van der Waals surface area contributed by atoms with E-state index >= 15 is 0 Å². The number of rotatable bonds is 4. The summed E-state index contributed by atoms with van der Waals surface area (Å²) in [6, 6.07) is 20.0. The van der Waals surface area contributed by atoms with Crippen LogP contribution in [0.25, 0.3) is 22.2 Å². The van der Waals surface area contributed by atoms with Crippen molar-refractivity contribution in [2.24, 2.45) is 0 Å². The lowest BCUT2D eigenvalue weighted by Gasteiger charge is -2.32. The minimum atomic E-state index is 0.475. The number of pyridine rings is 1. The Bertz CT molecular complexity index is 1270. The minimum Gasteiger partial charge on any atom is -0.496 e. The van der Waals surface area contributed by atoms with Crippen molar-refractivity contribution in [3.8, 4) is 23.1 Å². The fourth-order valence-corrected chi connectivity index (χ4v) is 5.16. The Labute approximate surface area is 185 Å². The molecular weight excluding hydrogens is 404 g/mol. The first-order valence-corrected chi connectivity index (χ1v) is 11.3. The van der Waals surface area contributed by atoms with Gasteiger partial charge in [-0.1, -0.05) is 12.1 Å². The van der Waals surface area contributed by atoms with Crippen molar-refractivity contribution < 1.29 is 4.74 Å². The molecule has 5 nitrogen and oxygen atoms in total. The van der Waals surface area contributed by atoms with Crippen LogP contribution in [0.4, 0.5) is 5.82 Å². The topological polar surface area (TPSA) is 62.0 Å². The number of nitrogens with zero attached hydrogens (tertiary/aromatic N) is 4. The first-order chi connectivity index (χ1) is 15.2. The zero-order chi connectivity index (χ0) is 21.2. The SMILES string of the molecule is COc1ccccc1-c1csc(C2CCN(c3ccc4cc(C#N)ccc4n3)CC2)n1. The van der Waals surface area contributed by atoms with E-state index in [1.165, 1.54) is 5.01 Å². The number of nitriles is 1. The Hall–Kier alpha value is -3.43. The van der Waals surface area contributed by atoms with Crippen LogP contribution in [-0.2, 0) is 0 Å². The van der Waals surface area contributed by atoms with Crippen LogP contribution in [0, 0.1) is 11.3 Å². The van der Waals surface area contributed by atoms with E-state index in [0.29, 0.717) is 11.5 Å². The molecule has 1 saturated heterocycles. The molecule has 5 rings (SSSR count). The third-order valence-corrected chi connectivity index (χ3v) is 6.88. The minimum absolute atomic E-state index is 0.475. The maximum atomic E-state index is 9.08. The highest BCUT2D eigenvalue weighted by atomic mass is 32.1. The molecule has 0 N–H and O–H groups in total. The summed E-state index contributed by atoms with van der Waals surface area (Å²) in [5.41, 5.74) is 3.64. The van der Waals surface area contributed by atoms with Gasteiger partial charge in [-0.3, -0.25) is 0 Å². The highest BCUT2D eigenvalue weighted by molar-refractivity contribution is 7.10. The Morgan fingerprint density at radius 1 is 1.06 bits per heavy atom. The molecule has 0 unspecified atom stereocenters. The third-order valence-electron chi connectivity index (χ3n) is 5.88. The van der Waals surface area contributed by atoms with Crippen molar-refractivity contribution in [1.29, 1.82) is 5.26 Å². The molecule has 1 fully saturated rings. The number of anilines is 1. The van der Waals surface area contributed by atoms with Gasteiger partial charge in [0.25, 0.3) is 0 Å². The largest absolute Gasteiger partial charge is 0.496 e. The number of thiazole rings is 1. The van der Waals surface area contributed by atoms with E-state index in [1.54, 1.807) is 18.4 Å². The number of piperidine rings is 1. The molecule has 154 valence electrons. The lowest BCUT2D eigenvalue weighted by Crippen LogP contribution is -2.33. The van der Waals surface area contributed by atoms with Crippen LogP contribution in [0.5, 0.6) is 5.75 Å². The Kier molecular flexibility index (Phi) is 5.27. The summed E-state index contributed by atoms with van der Waals surface area (Å²) in [7, 11) is 1.70. The molecule has 2 aromatic heterocycles. The van der Waals surface area contributed by atoms with Gasteiger partial charge in [0.2, 0.25) is 0 Å². The molecule has 0 saturated carbocycles. The van der Waals surface area contributed by atoms with Crippen molar-refractivity contribution in [2.45, 2.75) is 18.8 Å². The van der Waals surface area contributed by atoms with Crippen LogP contribution in [0.2, 0.25) is 0 Å². The number of para-hydroxylation sites is 1. The van der Waals surface area contributed by atoms with E-state index < -0.39 is 0 Å². The molecule has 0 spiro atoms. The lowest BCUT2D eigenvalue weighted by atomic mass is 9.97. The quantitative estimate of drug-likeness (QED) is 0.424. The molecule has 0 atom stereocenters. The standard InChI is InChI=1S/C25H22N4OS/c1-30-23-5-3-2-4-20(23)22-16-31-25(28-22)18-10-12-29(13-11-18)24-9-7-19-14-17(15-26)6-8-21(19)27-24/h2-9,14,16,18H,10-13H2,1H3. The molecule has 0 bridgehead atoms. The highest BCUT2D eigenvalue weighted by Gasteiger charge is 2.24. The van der Waals surface area contributed by atoms with Gasteiger partial charge in [-0.25, -0.2) is 9.97 Å². The van der Waals surface area contributed by atoms with Gasteiger partial charge in [0, 0.05) is 35.3 Å². The third kappa shape index (κ3) is 3.85. The number of hydrogen-bond donors (Lipinski definition) is 0. The molecular formula is C25H22N4OS. The van der Waals surface area contributed by atoms with E-state index in [-0.39, 0.29) is 0 Å². The fourth-order valence-electron chi connectivity index (χ4n) is 4.17. The van der Waals surface area contributed by atoms with Crippen LogP contribution in [0.15, 0.2) is 60.0 Å². The number of methoxy groups -OCH3 is 1. The first-order valence-electron chi connectivity index (χ1n) is 10.4. The zero-order valence-electron chi connectivity index (χ0n) is 17.3. The Morgan fingerprint density at radius 3 is 2.71 bits per heavy atom. The van der Waals surface area contributed by atoms with Gasteiger partial charge in [-0.2, -0.15) is 5.26 Å². The van der Waals surface area contributed by atoms with Crippen LogP contribution in [0.1, 0.15) is 29.3 Å².